The average Bonchev–Trinajstić information content (AvgIpc) is 2.90. The second-order valence-corrected chi connectivity index (χ2v) is 7.88. The van der Waals surface area contributed by atoms with Crippen molar-refractivity contribution in [1.82, 2.24) is 0 Å². The van der Waals surface area contributed by atoms with Crippen LogP contribution in [0, 0.1) is 19.7 Å². The maximum Gasteiger partial charge on any atom is 0.129 e. The van der Waals surface area contributed by atoms with E-state index in [-0.39, 0.29) is 5.82 Å². The van der Waals surface area contributed by atoms with Gasteiger partial charge in [0.1, 0.15) is 11.6 Å². The molecule has 2 aromatic carbocycles. The first-order valence-electron chi connectivity index (χ1n) is 9.13. The molecule has 0 radical (unpaired) electrons. The van der Waals surface area contributed by atoms with Gasteiger partial charge in [-0.25, -0.2) is 4.39 Å². The number of fused-ring (bicyclic) bond motifs is 1. The molecule has 3 nitrogen and oxygen atoms in total. The highest BCUT2D eigenvalue weighted by Gasteiger charge is 2.27. The lowest BCUT2D eigenvalue weighted by Gasteiger charge is -2.19. The van der Waals surface area contributed by atoms with Gasteiger partial charge in [-0.15, -0.1) is 0 Å². The van der Waals surface area contributed by atoms with Crippen molar-refractivity contribution in [3.05, 3.63) is 52.3 Å². The number of rotatable bonds is 5. The van der Waals surface area contributed by atoms with Gasteiger partial charge in [-0.1, -0.05) is 6.07 Å². The lowest BCUT2D eigenvalue weighted by atomic mass is 9.90. The van der Waals surface area contributed by atoms with Crippen molar-refractivity contribution in [3.8, 4) is 16.9 Å². The normalized spacial score (nSPS) is 16.7. The minimum Gasteiger partial charge on any atom is -0.493 e. The van der Waals surface area contributed by atoms with Gasteiger partial charge >= 0.3 is 0 Å². The molecule has 2 N–H and O–H groups in total. The monoisotopic (exact) mass is 358 g/mol. The fourth-order valence-electron chi connectivity index (χ4n) is 3.78. The van der Waals surface area contributed by atoms with Gasteiger partial charge in [-0.3, -0.25) is 0 Å². The van der Waals surface area contributed by atoms with Crippen molar-refractivity contribution < 1.29 is 19.3 Å². The number of halogens is 1. The van der Waals surface area contributed by atoms with E-state index in [4.69, 9.17) is 4.74 Å². The predicted octanol–water partition coefficient (Wildman–Crippen LogP) is 4.63. The summed E-state index contributed by atoms with van der Waals surface area (Å²) in [5, 5.41) is 19.9. The fourth-order valence-corrected chi connectivity index (χ4v) is 3.78. The van der Waals surface area contributed by atoms with Gasteiger partial charge in [-0.05, 0) is 86.6 Å². The summed E-state index contributed by atoms with van der Waals surface area (Å²) in [6, 6.07) is 7.23. The van der Waals surface area contributed by atoms with E-state index in [1.165, 1.54) is 6.07 Å². The van der Waals surface area contributed by atoms with E-state index >= 15 is 0 Å². The van der Waals surface area contributed by atoms with Gasteiger partial charge in [0.05, 0.1) is 18.3 Å². The van der Waals surface area contributed by atoms with E-state index in [1.54, 1.807) is 13.8 Å². The SMILES string of the molecule is Cc1cc(OCCC(C)(C)O)cc(C)c1-c1ccc(F)c2c1CC[C@@H]2O. The van der Waals surface area contributed by atoms with Crippen molar-refractivity contribution >= 4 is 0 Å². The van der Waals surface area contributed by atoms with Crippen LogP contribution in [0.3, 0.4) is 0 Å². The van der Waals surface area contributed by atoms with Crippen molar-refractivity contribution in [2.75, 3.05) is 6.61 Å². The van der Waals surface area contributed by atoms with Crippen LogP contribution >= 0.6 is 0 Å². The molecule has 0 bridgehead atoms. The van der Waals surface area contributed by atoms with Gasteiger partial charge in [0.2, 0.25) is 0 Å². The molecule has 26 heavy (non-hydrogen) atoms. The van der Waals surface area contributed by atoms with E-state index in [1.807, 2.05) is 32.0 Å². The Morgan fingerprint density at radius 3 is 2.46 bits per heavy atom. The molecule has 140 valence electrons. The fraction of sp³-hybridized carbons (Fsp3) is 0.455. The molecule has 0 saturated carbocycles. The molecule has 0 unspecified atom stereocenters. The summed E-state index contributed by atoms with van der Waals surface area (Å²) in [7, 11) is 0. The van der Waals surface area contributed by atoms with E-state index in [0.29, 0.717) is 31.4 Å². The van der Waals surface area contributed by atoms with Crippen LogP contribution in [0.25, 0.3) is 11.1 Å². The molecule has 1 atom stereocenters. The minimum absolute atomic E-state index is 0.323. The molecule has 0 spiro atoms. The lowest BCUT2D eigenvalue weighted by molar-refractivity contribution is 0.0553. The van der Waals surface area contributed by atoms with Gasteiger partial charge in [-0.2, -0.15) is 0 Å². The zero-order valence-electron chi connectivity index (χ0n) is 15.9. The summed E-state index contributed by atoms with van der Waals surface area (Å²) in [6.45, 7) is 8.01. The zero-order valence-corrected chi connectivity index (χ0v) is 15.9. The Kier molecular flexibility index (Phi) is 5.09. The first-order valence-corrected chi connectivity index (χ1v) is 9.13. The standard InChI is InChI=1S/C22H27FO3/c1-13-11-15(26-10-9-22(3,4)25)12-14(2)20(13)16-5-7-18(23)21-17(16)6-8-19(21)24/h5,7,11-12,19,24-25H,6,8-10H2,1-4H3/t19-/m0/s1. The van der Waals surface area contributed by atoms with Gasteiger partial charge < -0.3 is 14.9 Å². The van der Waals surface area contributed by atoms with Crippen molar-refractivity contribution in [2.45, 2.75) is 58.7 Å². The summed E-state index contributed by atoms with van der Waals surface area (Å²) < 4.78 is 19.9. The minimum atomic E-state index is -0.750. The van der Waals surface area contributed by atoms with Gasteiger partial charge in [0.15, 0.2) is 0 Å². The summed E-state index contributed by atoms with van der Waals surface area (Å²) in [6.07, 6.45) is 1.09. The number of aryl methyl sites for hydroxylation is 2. The second kappa shape index (κ2) is 7.01. The van der Waals surface area contributed by atoms with Crippen molar-refractivity contribution in [1.29, 1.82) is 0 Å². The first-order chi connectivity index (χ1) is 12.2. The summed E-state index contributed by atoms with van der Waals surface area (Å²) in [4.78, 5) is 0. The Labute approximate surface area is 154 Å². The molecule has 0 amide bonds. The highest BCUT2D eigenvalue weighted by atomic mass is 19.1. The number of aliphatic hydroxyl groups is 2. The second-order valence-electron chi connectivity index (χ2n) is 7.88. The summed E-state index contributed by atoms with van der Waals surface area (Å²) >= 11 is 0. The molecule has 1 aliphatic carbocycles. The molecular weight excluding hydrogens is 331 g/mol. The van der Waals surface area contributed by atoms with Crippen LogP contribution in [0.15, 0.2) is 24.3 Å². The quantitative estimate of drug-likeness (QED) is 0.819. The van der Waals surface area contributed by atoms with Crippen LogP contribution in [-0.2, 0) is 6.42 Å². The maximum atomic E-state index is 14.1. The topological polar surface area (TPSA) is 49.7 Å². The summed E-state index contributed by atoms with van der Waals surface area (Å²) in [5.74, 6) is 0.447. The van der Waals surface area contributed by atoms with Gasteiger partial charge in [0.25, 0.3) is 0 Å². The van der Waals surface area contributed by atoms with Crippen LogP contribution < -0.4 is 4.74 Å². The predicted molar refractivity (Wildman–Crippen MR) is 101 cm³/mol. The van der Waals surface area contributed by atoms with Crippen LogP contribution in [0.1, 0.15) is 55.0 Å². The molecule has 3 rings (SSSR count). The summed E-state index contributed by atoms with van der Waals surface area (Å²) in [5.41, 5.74) is 4.80. The third-order valence-corrected chi connectivity index (χ3v) is 5.06. The van der Waals surface area contributed by atoms with Crippen LogP contribution in [0.2, 0.25) is 0 Å². The number of aliphatic hydroxyl groups excluding tert-OH is 1. The third kappa shape index (κ3) is 3.76. The maximum absolute atomic E-state index is 14.1. The van der Waals surface area contributed by atoms with Gasteiger partial charge in [0, 0.05) is 12.0 Å². The number of hydrogen-bond donors (Lipinski definition) is 2. The van der Waals surface area contributed by atoms with E-state index in [0.717, 1.165) is 33.6 Å². The lowest BCUT2D eigenvalue weighted by Crippen LogP contribution is -2.21. The number of hydrogen-bond acceptors (Lipinski definition) is 3. The van der Waals surface area contributed by atoms with Crippen LogP contribution in [0.5, 0.6) is 5.75 Å². The molecular formula is C22H27FO3. The largest absolute Gasteiger partial charge is 0.493 e. The molecule has 0 fully saturated rings. The van der Waals surface area contributed by atoms with Crippen LogP contribution in [0.4, 0.5) is 4.39 Å². The first kappa shape index (κ1) is 18.9. The number of ether oxygens (including phenoxy) is 1. The van der Waals surface area contributed by atoms with Crippen LogP contribution in [-0.4, -0.2) is 22.4 Å². The Morgan fingerprint density at radius 1 is 1.19 bits per heavy atom. The number of benzene rings is 2. The molecule has 2 aromatic rings. The Morgan fingerprint density at radius 2 is 1.85 bits per heavy atom. The molecule has 0 heterocycles. The highest BCUT2D eigenvalue weighted by Crippen LogP contribution is 2.41. The molecule has 4 heteroatoms. The highest BCUT2D eigenvalue weighted by molar-refractivity contribution is 5.76. The van der Waals surface area contributed by atoms with Crippen molar-refractivity contribution in [3.63, 3.8) is 0 Å². The van der Waals surface area contributed by atoms with E-state index < -0.39 is 11.7 Å². The Bertz CT molecular complexity index is 798. The molecule has 0 aromatic heterocycles. The Balaban J connectivity index is 1.93. The van der Waals surface area contributed by atoms with E-state index in [2.05, 4.69) is 0 Å². The smallest absolute Gasteiger partial charge is 0.129 e. The van der Waals surface area contributed by atoms with Crippen molar-refractivity contribution in [2.24, 2.45) is 0 Å². The zero-order chi connectivity index (χ0) is 19.1. The third-order valence-electron chi connectivity index (χ3n) is 5.06. The molecule has 1 aliphatic rings. The Hall–Kier alpha value is -1.91. The molecule has 0 saturated heterocycles. The van der Waals surface area contributed by atoms with E-state index in [9.17, 15) is 14.6 Å². The average molecular weight is 358 g/mol. The molecule has 0 aliphatic heterocycles.